The lowest BCUT2D eigenvalue weighted by Crippen LogP contribution is -2.26. The fourth-order valence-electron chi connectivity index (χ4n) is 1.40. The molecule has 4 nitrogen and oxygen atoms in total. The molecule has 1 heterocycles. The molecule has 0 aliphatic carbocycles. The summed E-state index contributed by atoms with van der Waals surface area (Å²) in [5.74, 6) is 0.453. The first-order valence-corrected chi connectivity index (χ1v) is 7.66. The van der Waals surface area contributed by atoms with Crippen LogP contribution in [0.25, 0.3) is 0 Å². The second kappa shape index (κ2) is 4.94. The maximum Gasteiger partial charge on any atom is 0.234 e. The summed E-state index contributed by atoms with van der Waals surface area (Å²) >= 11 is 3.29. The summed E-state index contributed by atoms with van der Waals surface area (Å²) in [5.41, 5.74) is 0.506. The van der Waals surface area contributed by atoms with Crippen molar-refractivity contribution in [3.05, 3.63) is 22.3 Å². The standard InChI is InChI=1S/C11H17BrN2O2S/c1-8-5-9(12)6-13-10(8)14-17(15,16)7-11(2,3)4/h5-6H,7H2,1-4H3,(H,13,14). The van der Waals surface area contributed by atoms with Crippen LogP contribution in [0.5, 0.6) is 0 Å². The van der Waals surface area contributed by atoms with Gasteiger partial charge < -0.3 is 0 Å². The smallest absolute Gasteiger partial charge is 0.234 e. The molecule has 17 heavy (non-hydrogen) atoms. The van der Waals surface area contributed by atoms with E-state index in [1.165, 1.54) is 0 Å². The van der Waals surface area contributed by atoms with Crippen molar-refractivity contribution in [2.75, 3.05) is 10.5 Å². The third kappa shape index (κ3) is 5.04. The molecule has 1 rings (SSSR count). The average molecular weight is 321 g/mol. The van der Waals surface area contributed by atoms with Gasteiger partial charge in [0.2, 0.25) is 10.0 Å². The molecule has 0 saturated carbocycles. The predicted octanol–water partition coefficient (Wildman–Crippen LogP) is 2.94. The molecule has 0 amide bonds. The van der Waals surface area contributed by atoms with E-state index in [1.807, 2.05) is 33.8 Å². The van der Waals surface area contributed by atoms with Gasteiger partial charge >= 0.3 is 0 Å². The number of halogens is 1. The molecule has 1 N–H and O–H groups in total. The van der Waals surface area contributed by atoms with Gasteiger partial charge in [-0.3, -0.25) is 4.72 Å². The van der Waals surface area contributed by atoms with Crippen LogP contribution in [-0.2, 0) is 10.0 Å². The molecule has 1 aromatic rings. The zero-order valence-electron chi connectivity index (χ0n) is 10.4. The molecule has 0 radical (unpaired) electrons. The first-order valence-electron chi connectivity index (χ1n) is 5.22. The number of aryl methyl sites for hydroxylation is 1. The Labute approximate surface area is 111 Å². The van der Waals surface area contributed by atoms with Gasteiger partial charge in [-0.2, -0.15) is 0 Å². The van der Waals surface area contributed by atoms with Crippen LogP contribution in [0, 0.1) is 12.3 Å². The number of pyridine rings is 1. The van der Waals surface area contributed by atoms with E-state index >= 15 is 0 Å². The van der Waals surface area contributed by atoms with Crippen LogP contribution in [0.1, 0.15) is 26.3 Å². The summed E-state index contributed by atoms with van der Waals surface area (Å²) in [6, 6.07) is 1.82. The third-order valence-corrected chi connectivity index (χ3v) is 4.10. The molecule has 0 bridgehead atoms. The third-order valence-electron chi connectivity index (χ3n) is 1.92. The van der Waals surface area contributed by atoms with Crippen LogP contribution in [0.15, 0.2) is 16.7 Å². The van der Waals surface area contributed by atoms with Crippen LogP contribution >= 0.6 is 15.9 Å². The van der Waals surface area contributed by atoms with Crippen LogP contribution < -0.4 is 4.72 Å². The molecule has 6 heteroatoms. The molecule has 0 spiro atoms. The maximum atomic E-state index is 11.9. The molecule has 0 saturated heterocycles. The number of nitrogens with zero attached hydrogens (tertiary/aromatic N) is 1. The lowest BCUT2D eigenvalue weighted by atomic mass is 10.0. The zero-order chi connectivity index (χ0) is 13.3. The van der Waals surface area contributed by atoms with E-state index < -0.39 is 10.0 Å². The number of anilines is 1. The highest BCUT2D eigenvalue weighted by Gasteiger charge is 2.22. The van der Waals surface area contributed by atoms with Gasteiger partial charge in [0, 0.05) is 10.7 Å². The highest BCUT2D eigenvalue weighted by molar-refractivity contribution is 9.10. The van der Waals surface area contributed by atoms with Crippen LogP contribution in [0.2, 0.25) is 0 Å². The van der Waals surface area contributed by atoms with Crippen molar-refractivity contribution in [2.24, 2.45) is 5.41 Å². The van der Waals surface area contributed by atoms with Gasteiger partial charge in [0.05, 0.1) is 5.75 Å². The maximum absolute atomic E-state index is 11.9. The highest BCUT2D eigenvalue weighted by atomic mass is 79.9. The Morgan fingerprint density at radius 2 is 2.00 bits per heavy atom. The molecule has 96 valence electrons. The second-order valence-electron chi connectivity index (χ2n) is 5.24. The average Bonchev–Trinajstić information content (AvgIpc) is 2.05. The van der Waals surface area contributed by atoms with Crippen LogP contribution in [0.3, 0.4) is 0 Å². The topological polar surface area (TPSA) is 59.1 Å². The fourth-order valence-corrected chi connectivity index (χ4v) is 3.57. The predicted molar refractivity (Wildman–Crippen MR) is 73.5 cm³/mol. The molecule has 0 aliphatic rings. The molecule has 1 aromatic heterocycles. The van der Waals surface area contributed by atoms with Gasteiger partial charge in [0.25, 0.3) is 0 Å². The van der Waals surface area contributed by atoms with Crippen molar-refractivity contribution in [1.29, 1.82) is 0 Å². The highest BCUT2D eigenvalue weighted by Crippen LogP contribution is 2.21. The number of sulfonamides is 1. The second-order valence-corrected chi connectivity index (χ2v) is 7.88. The summed E-state index contributed by atoms with van der Waals surface area (Å²) in [6.07, 6.45) is 1.57. The largest absolute Gasteiger partial charge is 0.267 e. The van der Waals surface area contributed by atoms with Crippen LogP contribution in [0.4, 0.5) is 5.82 Å². The fraction of sp³-hybridized carbons (Fsp3) is 0.545. The van der Waals surface area contributed by atoms with Gasteiger partial charge in [-0.05, 0) is 39.9 Å². The van der Waals surface area contributed by atoms with Crippen molar-refractivity contribution in [1.82, 2.24) is 4.98 Å². The normalized spacial score (nSPS) is 12.5. The van der Waals surface area contributed by atoms with Crippen molar-refractivity contribution in [2.45, 2.75) is 27.7 Å². The zero-order valence-corrected chi connectivity index (χ0v) is 12.8. The summed E-state index contributed by atoms with van der Waals surface area (Å²) in [6.45, 7) is 7.46. The first-order chi connectivity index (χ1) is 7.59. The minimum atomic E-state index is -3.36. The van der Waals surface area contributed by atoms with Crippen molar-refractivity contribution >= 4 is 31.8 Å². The number of hydrogen-bond acceptors (Lipinski definition) is 3. The van der Waals surface area contributed by atoms with E-state index in [-0.39, 0.29) is 11.2 Å². The van der Waals surface area contributed by atoms with E-state index in [0.29, 0.717) is 5.82 Å². The quantitative estimate of drug-likeness (QED) is 0.931. The summed E-state index contributed by atoms with van der Waals surface area (Å²) in [4.78, 5) is 4.06. The Hall–Kier alpha value is -0.620. The summed E-state index contributed by atoms with van der Waals surface area (Å²) in [5, 5.41) is 0. The van der Waals surface area contributed by atoms with Crippen LogP contribution in [-0.4, -0.2) is 19.2 Å². The first kappa shape index (κ1) is 14.4. The Balaban J connectivity index is 2.91. The molecular formula is C11H17BrN2O2S. The number of hydrogen-bond donors (Lipinski definition) is 1. The molecule has 0 aromatic carbocycles. The van der Waals surface area contributed by atoms with E-state index in [9.17, 15) is 8.42 Å². The molecule has 0 atom stereocenters. The van der Waals surface area contributed by atoms with Crippen molar-refractivity contribution < 1.29 is 8.42 Å². The molecule has 0 aliphatic heterocycles. The van der Waals surface area contributed by atoms with E-state index in [0.717, 1.165) is 10.0 Å². The van der Waals surface area contributed by atoms with E-state index in [2.05, 4.69) is 25.6 Å². The SMILES string of the molecule is Cc1cc(Br)cnc1NS(=O)(=O)CC(C)(C)C. The van der Waals surface area contributed by atoms with Gasteiger partial charge in [0.1, 0.15) is 5.82 Å². The van der Waals surface area contributed by atoms with Gasteiger partial charge in [-0.1, -0.05) is 20.8 Å². The van der Waals surface area contributed by atoms with Gasteiger partial charge in [-0.15, -0.1) is 0 Å². The van der Waals surface area contributed by atoms with Crippen molar-refractivity contribution in [3.63, 3.8) is 0 Å². The molecular weight excluding hydrogens is 304 g/mol. The number of aromatic nitrogens is 1. The molecule has 0 fully saturated rings. The summed E-state index contributed by atoms with van der Waals surface area (Å²) in [7, 11) is -3.36. The Morgan fingerprint density at radius 3 is 2.47 bits per heavy atom. The monoisotopic (exact) mass is 320 g/mol. The Morgan fingerprint density at radius 1 is 1.41 bits per heavy atom. The minimum Gasteiger partial charge on any atom is -0.267 e. The summed E-state index contributed by atoms with van der Waals surface area (Å²) < 4.78 is 27.1. The van der Waals surface area contributed by atoms with Gasteiger partial charge in [0.15, 0.2) is 0 Å². The lowest BCUT2D eigenvalue weighted by molar-refractivity contribution is 0.463. The van der Waals surface area contributed by atoms with E-state index in [4.69, 9.17) is 0 Å². The number of nitrogens with one attached hydrogen (secondary N) is 1. The number of rotatable bonds is 3. The van der Waals surface area contributed by atoms with E-state index in [1.54, 1.807) is 6.20 Å². The minimum absolute atomic E-state index is 0.0667. The lowest BCUT2D eigenvalue weighted by Gasteiger charge is -2.19. The Bertz CT molecular complexity index is 507. The molecule has 0 unspecified atom stereocenters. The van der Waals surface area contributed by atoms with Crippen molar-refractivity contribution in [3.8, 4) is 0 Å². The van der Waals surface area contributed by atoms with Gasteiger partial charge in [-0.25, -0.2) is 13.4 Å². The Kier molecular flexibility index (Phi) is 4.19.